The molecular weight excluding hydrogens is 232 g/mol. The average molecular weight is 266 g/mol. The molecular formula is C17H34N2. The van der Waals surface area contributed by atoms with Crippen molar-refractivity contribution in [3.05, 3.63) is 0 Å². The highest BCUT2D eigenvalue weighted by Crippen LogP contribution is 2.33. The van der Waals surface area contributed by atoms with E-state index in [4.69, 9.17) is 0 Å². The van der Waals surface area contributed by atoms with Crippen molar-refractivity contribution in [2.75, 3.05) is 13.1 Å². The minimum atomic E-state index is 0.697. The Hall–Kier alpha value is -0.0800. The molecule has 0 amide bonds. The van der Waals surface area contributed by atoms with E-state index in [2.05, 4.69) is 37.9 Å². The van der Waals surface area contributed by atoms with Crippen LogP contribution in [0.4, 0.5) is 0 Å². The second-order valence-corrected chi connectivity index (χ2v) is 7.04. The van der Waals surface area contributed by atoms with Crippen LogP contribution in [0.1, 0.15) is 66.2 Å². The molecule has 2 fully saturated rings. The van der Waals surface area contributed by atoms with Crippen molar-refractivity contribution in [3.63, 3.8) is 0 Å². The smallest absolute Gasteiger partial charge is 0.0221 e. The maximum Gasteiger partial charge on any atom is 0.0221 e. The molecule has 1 saturated heterocycles. The fourth-order valence-electron chi connectivity index (χ4n) is 4.18. The first kappa shape index (κ1) is 15.3. The van der Waals surface area contributed by atoms with E-state index < -0.39 is 0 Å². The number of hydrogen-bond donors (Lipinski definition) is 1. The van der Waals surface area contributed by atoms with Crippen LogP contribution in [0.2, 0.25) is 0 Å². The lowest BCUT2D eigenvalue weighted by molar-refractivity contribution is 0.0202. The summed E-state index contributed by atoms with van der Waals surface area (Å²) in [5.41, 5.74) is 0. The van der Waals surface area contributed by atoms with E-state index in [0.29, 0.717) is 6.04 Å². The zero-order chi connectivity index (χ0) is 13.8. The summed E-state index contributed by atoms with van der Waals surface area (Å²) in [7, 11) is 0. The van der Waals surface area contributed by atoms with Crippen molar-refractivity contribution in [3.8, 4) is 0 Å². The molecule has 1 aliphatic carbocycles. The molecule has 0 aromatic heterocycles. The normalized spacial score (nSPS) is 37.7. The Balaban J connectivity index is 2.07. The van der Waals surface area contributed by atoms with Crippen molar-refractivity contribution in [1.29, 1.82) is 0 Å². The van der Waals surface area contributed by atoms with Gasteiger partial charge in [-0.05, 0) is 31.1 Å². The average Bonchev–Trinajstić information content (AvgIpc) is 2.46. The standard InChI is InChI=1S/C17H34N2/c1-5-14-9-7-8-10-17(14)19-12-16(13(3)4)18-11-15(19)6-2/h13-18H,5-12H2,1-4H3. The molecule has 2 nitrogen and oxygen atoms in total. The number of hydrogen-bond acceptors (Lipinski definition) is 2. The number of nitrogens with zero attached hydrogens (tertiary/aromatic N) is 1. The van der Waals surface area contributed by atoms with Gasteiger partial charge in [0.15, 0.2) is 0 Å². The Labute approximate surface area is 120 Å². The van der Waals surface area contributed by atoms with Gasteiger partial charge in [-0.15, -0.1) is 0 Å². The largest absolute Gasteiger partial charge is 0.311 e. The summed E-state index contributed by atoms with van der Waals surface area (Å²) in [6, 6.07) is 2.33. The van der Waals surface area contributed by atoms with E-state index in [9.17, 15) is 0 Å². The van der Waals surface area contributed by atoms with Crippen LogP contribution in [0.3, 0.4) is 0 Å². The van der Waals surface area contributed by atoms with Gasteiger partial charge in [-0.25, -0.2) is 0 Å². The minimum Gasteiger partial charge on any atom is -0.311 e. The summed E-state index contributed by atoms with van der Waals surface area (Å²) < 4.78 is 0. The molecule has 0 aromatic carbocycles. The first-order valence-electron chi connectivity index (χ1n) is 8.66. The van der Waals surface area contributed by atoms with E-state index in [1.807, 2.05) is 0 Å². The predicted molar refractivity (Wildman–Crippen MR) is 83.5 cm³/mol. The van der Waals surface area contributed by atoms with Gasteiger partial charge in [-0.1, -0.05) is 47.0 Å². The van der Waals surface area contributed by atoms with Gasteiger partial charge < -0.3 is 5.32 Å². The zero-order valence-electron chi connectivity index (χ0n) is 13.5. The third kappa shape index (κ3) is 3.52. The van der Waals surface area contributed by atoms with Crippen molar-refractivity contribution in [1.82, 2.24) is 10.2 Å². The van der Waals surface area contributed by atoms with Crippen LogP contribution in [0.5, 0.6) is 0 Å². The first-order valence-corrected chi connectivity index (χ1v) is 8.66. The third-order valence-electron chi connectivity index (χ3n) is 5.59. The highest BCUT2D eigenvalue weighted by molar-refractivity contribution is 4.93. The molecule has 112 valence electrons. The predicted octanol–water partition coefficient (Wildman–Crippen LogP) is 3.66. The summed E-state index contributed by atoms with van der Waals surface area (Å²) in [6.07, 6.45) is 8.50. The zero-order valence-corrected chi connectivity index (χ0v) is 13.5. The lowest BCUT2D eigenvalue weighted by Gasteiger charge is -2.49. The van der Waals surface area contributed by atoms with E-state index in [1.54, 1.807) is 0 Å². The van der Waals surface area contributed by atoms with Gasteiger partial charge in [0.2, 0.25) is 0 Å². The lowest BCUT2D eigenvalue weighted by atomic mass is 9.80. The molecule has 4 atom stereocenters. The van der Waals surface area contributed by atoms with Crippen molar-refractivity contribution in [2.24, 2.45) is 11.8 Å². The summed E-state index contributed by atoms with van der Waals surface area (Å²) in [4.78, 5) is 2.90. The Morgan fingerprint density at radius 3 is 2.47 bits per heavy atom. The molecule has 4 unspecified atom stereocenters. The summed E-state index contributed by atoms with van der Waals surface area (Å²) in [5.74, 6) is 1.71. The molecule has 2 aliphatic rings. The second kappa shape index (κ2) is 7.08. The highest BCUT2D eigenvalue weighted by atomic mass is 15.3. The van der Waals surface area contributed by atoms with Crippen molar-refractivity contribution >= 4 is 0 Å². The van der Waals surface area contributed by atoms with Gasteiger partial charge in [0.25, 0.3) is 0 Å². The number of rotatable bonds is 4. The fraction of sp³-hybridized carbons (Fsp3) is 1.00. The number of piperazine rings is 1. The molecule has 19 heavy (non-hydrogen) atoms. The Morgan fingerprint density at radius 1 is 1.11 bits per heavy atom. The van der Waals surface area contributed by atoms with Crippen LogP contribution in [0.25, 0.3) is 0 Å². The molecule has 2 rings (SSSR count). The Kier molecular flexibility index (Phi) is 5.70. The van der Waals surface area contributed by atoms with E-state index in [1.165, 1.54) is 51.6 Å². The van der Waals surface area contributed by atoms with Crippen LogP contribution in [0, 0.1) is 11.8 Å². The maximum absolute atomic E-state index is 3.78. The quantitative estimate of drug-likeness (QED) is 0.835. The third-order valence-corrected chi connectivity index (χ3v) is 5.59. The summed E-state index contributed by atoms with van der Waals surface area (Å²) in [5, 5.41) is 3.78. The molecule has 1 heterocycles. The van der Waals surface area contributed by atoms with Crippen molar-refractivity contribution < 1.29 is 0 Å². The van der Waals surface area contributed by atoms with Gasteiger partial charge in [-0.3, -0.25) is 4.90 Å². The van der Waals surface area contributed by atoms with Crippen molar-refractivity contribution in [2.45, 2.75) is 84.3 Å². The SMILES string of the molecule is CCC1CCCCC1N1CC(C(C)C)NCC1CC. The summed E-state index contributed by atoms with van der Waals surface area (Å²) >= 11 is 0. The highest BCUT2D eigenvalue weighted by Gasteiger charge is 2.36. The van der Waals surface area contributed by atoms with Crippen LogP contribution < -0.4 is 5.32 Å². The van der Waals surface area contributed by atoms with E-state index >= 15 is 0 Å². The fourth-order valence-corrected chi connectivity index (χ4v) is 4.18. The molecule has 0 radical (unpaired) electrons. The van der Waals surface area contributed by atoms with Crippen LogP contribution in [-0.4, -0.2) is 36.1 Å². The number of nitrogens with one attached hydrogen (secondary N) is 1. The molecule has 1 aliphatic heterocycles. The van der Waals surface area contributed by atoms with E-state index in [-0.39, 0.29) is 0 Å². The van der Waals surface area contributed by atoms with Gasteiger partial charge in [0, 0.05) is 31.2 Å². The molecule has 2 heteroatoms. The van der Waals surface area contributed by atoms with Crippen LogP contribution >= 0.6 is 0 Å². The molecule has 0 bridgehead atoms. The van der Waals surface area contributed by atoms with Gasteiger partial charge in [0.1, 0.15) is 0 Å². The molecule has 1 N–H and O–H groups in total. The summed E-state index contributed by atoms with van der Waals surface area (Å²) in [6.45, 7) is 12.0. The van der Waals surface area contributed by atoms with Crippen LogP contribution in [-0.2, 0) is 0 Å². The van der Waals surface area contributed by atoms with Gasteiger partial charge >= 0.3 is 0 Å². The maximum atomic E-state index is 3.78. The minimum absolute atomic E-state index is 0.697. The molecule has 0 spiro atoms. The Morgan fingerprint density at radius 2 is 1.84 bits per heavy atom. The lowest BCUT2D eigenvalue weighted by Crippen LogP contribution is -2.62. The molecule has 1 saturated carbocycles. The topological polar surface area (TPSA) is 15.3 Å². The van der Waals surface area contributed by atoms with E-state index in [0.717, 1.165) is 23.9 Å². The van der Waals surface area contributed by atoms with Gasteiger partial charge in [0.05, 0.1) is 0 Å². The Bertz CT molecular complexity index is 264. The first-order chi connectivity index (χ1) is 9.17. The second-order valence-electron chi connectivity index (χ2n) is 7.04. The van der Waals surface area contributed by atoms with Crippen LogP contribution in [0.15, 0.2) is 0 Å². The van der Waals surface area contributed by atoms with Gasteiger partial charge in [-0.2, -0.15) is 0 Å². The molecule has 0 aromatic rings. The monoisotopic (exact) mass is 266 g/mol.